The second-order valence-corrected chi connectivity index (χ2v) is 3.54. The molecule has 4 N–H and O–H groups in total. The van der Waals surface area contributed by atoms with Crippen LogP contribution in [0.1, 0.15) is 19.8 Å². The third kappa shape index (κ3) is 5.67. The number of carboxylic acid groups (broad SMARTS) is 1. The van der Waals surface area contributed by atoms with E-state index in [0.717, 1.165) is 0 Å². The Kier molecular flexibility index (Phi) is 7.49. The number of aliphatic carboxylic acids is 1. The number of nitrogens with two attached hydrogens (primary N) is 1. The number of carboxylic acids is 1. The SMILES string of the molecule is CCC(CN)C(=O)NCC(CC(=O)O)OC. The lowest BCUT2D eigenvalue weighted by molar-refractivity contribution is -0.140. The molecule has 0 aromatic rings. The van der Waals surface area contributed by atoms with Crippen molar-refractivity contribution in [2.45, 2.75) is 25.9 Å². The van der Waals surface area contributed by atoms with Crippen LogP contribution in [0.4, 0.5) is 0 Å². The number of ether oxygens (including phenoxy) is 1. The van der Waals surface area contributed by atoms with Gasteiger partial charge in [0.2, 0.25) is 5.91 Å². The number of hydrogen-bond acceptors (Lipinski definition) is 4. The second-order valence-electron chi connectivity index (χ2n) is 3.54. The van der Waals surface area contributed by atoms with Crippen molar-refractivity contribution in [3.63, 3.8) is 0 Å². The highest BCUT2D eigenvalue weighted by atomic mass is 16.5. The van der Waals surface area contributed by atoms with E-state index in [9.17, 15) is 9.59 Å². The molecular weight excluding hydrogens is 212 g/mol. The van der Waals surface area contributed by atoms with E-state index >= 15 is 0 Å². The first kappa shape index (κ1) is 14.9. The first-order valence-corrected chi connectivity index (χ1v) is 5.27. The second kappa shape index (κ2) is 8.06. The van der Waals surface area contributed by atoms with Gasteiger partial charge >= 0.3 is 5.97 Å². The van der Waals surface area contributed by atoms with Gasteiger partial charge in [-0.25, -0.2) is 0 Å². The highest BCUT2D eigenvalue weighted by Gasteiger charge is 2.17. The van der Waals surface area contributed by atoms with Gasteiger partial charge in [-0.05, 0) is 6.42 Å². The van der Waals surface area contributed by atoms with E-state index in [1.807, 2.05) is 6.92 Å². The highest BCUT2D eigenvalue weighted by Crippen LogP contribution is 2.01. The average molecular weight is 232 g/mol. The summed E-state index contributed by atoms with van der Waals surface area (Å²) in [7, 11) is 1.42. The minimum atomic E-state index is -0.952. The number of carbonyl (C=O) groups excluding carboxylic acids is 1. The van der Waals surface area contributed by atoms with Crippen LogP contribution in [0.2, 0.25) is 0 Å². The largest absolute Gasteiger partial charge is 0.481 e. The Morgan fingerprint density at radius 2 is 2.12 bits per heavy atom. The molecule has 0 radical (unpaired) electrons. The van der Waals surface area contributed by atoms with E-state index < -0.39 is 12.1 Å². The monoisotopic (exact) mass is 232 g/mol. The Labute approximate surface area is 95.1 Å². The van der Waals surface area contributed by atoms with Crippen LogP contribution in [0.15, 0.2) is 0 Å². The number of carbonyl (C=O) groups is 2. The van der Waals surface area contributed by atoms with Crippen LogP contribution >= 0.6 is 0 Å². The minimum absolute atomic E-state index is 0.129. The average Bonchev–Trinajstić information content (AvgIpc) is 2.25. The number of rotatable bonds is 8. The van der Waals surface area contributed by atoms with Crippen LogP contribution in [-0.4, -0.2) is 43.3 Å². The van der Waals surface area contributed by atoms with Gasteiger partial charge in [-0.2, -0.15) is 0 Å². The van der Waals surface area contributed by atoms with Gasteiger partial charge < -0.3 is 20.9 Å². The van der Waals surface area contributed by atoms with Gasteiger partial charge in [-0.15, -0.1) is 0 Å². The van der Waals surface area contributed by atoms with Crippen LogP contribution in [0.5, 0.6) is 0 Å². The summed E-state index contributed by atoms with van der Waals surface area (Å²) in [5.74, 6) is -1.33. The zero-order valence-corrected chi connectivity index (χ0v) is 9.73. The van der Waals surface area contributed by atoms with Crippen molar-refractivity contribution >= 4 is 11.9 Å². The fourth-order valence-electron chi connectivity index (χ4n) is 1.25. The lowest BCUT2D eigenvalue weighted by Gasteiger charge is -2.17. The van der Waals surface area contributed by atoms with Gasteiger partial charge in [0.25, 0.3) is 0 Å². The summed E-state index contributed by atoms with van der Waals surface area (Å²) in [6, 6.07) is 0. The Bertz CT molecular complexity index is 229. The molecule has 0 saturated heterocycles. The van der Waals surface area contributed by atoms with Crippen molar-refractivity contribution in [2.75, 3.05) is 20.2 Å². The van der Waals surface area contributed by atoms with Crippen LogP contribution in [0.25, 0.3) is 0 Å². The van der Waals surface area contributed by atoms with Crippen molar-refractivity contribution in [3.05, 3.63) is 0 Å². The van der Waals surface area contributed by atoms with Gasteiger partial charge in [-0.3, -0.25) is 9.59 Å². The molecule has 6 heteroatoms. The molecule has 0 aromatic carbocycles. The summed E-state index contributed by atoms with van der Waals surface area (Å²) in [5, 5.41) is 11.2. The summed E-state index contributed by atoms with van der Waals surface area (Å²) in [5.41, 5.74) is 5.42. The maximum atomic E-state index is 11.5. The van der Waals surface area contributed by atoms with Crippen molar-refractivity contribution in [2.24, 2.45) is 11.7 Å². The number of nitrogens with one attached hydrogen (secondary N) is 1. The van der Waals surface area contributed by atoms with E-state index in [4.69, 9.17) is 15.6 Å². The first-order chi connectivity index (χ1) is 7.54. The normalized spacial score (nSPS) is 14.2. The Morgan fingerprint density at radius 1 is 1.50 bits per heavy atom. The molecule has 0 saturated carbocycles. The first-order valence-electron chi connectivity index (χ1n) is 5.27. The van der Waals surface area contributed by atoms with Gasteiger partial charge in [0.1, 0.15) is 0 Å². The van der Waals surface area contributed by atoms with Crippen molar-refractivity contribution in [3.8, 4) is 0 Å². The molecule has 2 unspecified atom stereocenters. The predicted molar refractivity (Wildman–Crippen MR) is 58.9 cm³/mol. The van der Waals surface area contributed by atoms with E-state index in [1.54, 1.807) is 0 Å². The standard InChI is InChI=1S/C10H20N2O4/c1-3-7(5-11)10(15)12-6-8(16-2)4-9(13)14/h7-8H,3-6,11H2,1-2H3,(H,12,15)(H,13,14). The Morgan fingerprint density at radius 3 is 2.50 bits per heavy atom. The lowest BCUT2D eigenvalue weighted by Crippen LogP contribution is -2.40. The number of hydrogen-bond donors (Lipinski definition) is 3. The van der Waals surface area contributed by atoms with Crippen LogP contribution in [0.3, 0.4) is 0 Å². The molecule has 1 amide bonds. The molecule has 6 nitrogen and oxygen atoms in total. The molecule has 0 heterocycles. The molecule has 0 aliphatic heterocycles. The summed E-state index contributed by atoms with van der Waals surface area (Å²) >= 11 is 0. The minimum Gasteiger partial charge on any atom is -0.481 e. The lowest BCUT2D eigenvalue weighted by atomic mass is 10.1. The molecule has 2 atom stereocenters. The van der Waals surface area contributed by atoms with Gasteiger partial charge in [0.05, 0.1) is 12.5 Å². The quantitative estimate of drug-likeness (QED) is 0.527. The fraction of sp³-hybridized carbons (Fsp3) is 0.800. The number of amides is 1. The van der Waals surface area contributed by atoms with E-state index in [-0.39, 0.29) is 24.8 Å². The molecule has 0 fully saturated rings. The van der Waals surface area contributed by atoms with Crippen molar-refractivity contribution in [1.82, 2.24) is 5.32 Å². The zero-order valence-electron chi connectivity index (χ0n) is 9.73. The van der Waals surface area contributed by atoms with Crippen molar-refractivity contribution in [1.29, 1.82) is 0 Å². The molecular formula is C10H20N2O4. The maximum absolute atomic E-state index is 11.5. The predicted octanol–water partition coefficient (Wildman–Crippen LogP) is -0.423. The molecule has 0 spiro atoms. The number of methoxy groups -OCH3 is 1. The zero-order chi connectivity index (χ0) is 12.6. The third-order valence-corrected chi connectivity index (χ3v) is 2.39. The van der Waals surface area contributed by atoms with Crippen LogP contribution in [0, 0.1) is 5.92 Å². The third-order valence-electron chi connectivity index (χ3n) is 2.39. The Hall–Kier alpha value is -1.14. The van der Waals surface area contributed by atoms with Gasteiger partial charge in [0.15, 0.2) is 0 Å². The summed E-state index contributed by atoms with van der Waals surface area (Å²) < 4.78 is 4.93. The molecule has 0 rings (SSSR count). The van der Waals surface area contributed by atoms with Gasteiger partial charge in [-0.1, -0.05) is 6.92 Å². The van der Waals surface area contributed by atoms with E-state index in [1.165, 1.54) is 7.11 Å². The highest BCUT2D eigenvalue weighted by molar-refractivity contribution is 5.78. The smallest absolute Gasteiger partial charge is 0.306 e. The van der Waals surface area contributed by atoms with Crippen LogP contribution < -0.4 is 11.1 Å². The summed E-state index contributed by atoms with van der Waals surface area (Å²) in [4.78, 5) is 22.0. The Balaban J connectivity index is 4.00. The van der Waals surface area contributed by atoms with E-state index in [0.29, 0.717) is 13.0 Å². The molecule has 0 aliphatic carbocycles. The van der Waals surface area contributed by atoms with Gasteiger partial charge in [0, 0.05) is 26.1 Å². The molecule has 0 bridgehead atoms. The maximum Gasteiger partial charge on any atom is 0.306 e. The summed E-state index contributed by atoms with van der Waals surface area (Å²) in [6.07, 6.45) is 0.0338. The fourth-order valence-corrected chi connectivity index (χ4v) is 1.25. The molecule has 94 valence electrons. The topological polar surface area (TPSA) is 102 Å². The van der Waals surface area contributed by atoms with Crippen molar-refractivity contribution < 1.29 is 19.4 Å². The van der Waals surface area contributed by atoms with Crippen LogP contribution in [-0.2, 0) is 14.3 Å². The molecule has 0 aliphatic rings. The molecule has 0 aromatic heterocycles. The molecule has 16 heavy (non-hydrogen) atoms. The summed E-state index contributed by atoms with van der Waals surface area (Å²) in [6.45, 7) is 2.36. The van der Waals surface area contributed by atoms with E-state index in [2.05, 4.69) is 5.32 Å².